The quantitative estimate of drug-likeness (QED) is 0.837. The van der Waals surface area contributed by atoms with Crippen molar-refractivity contribution < 1.29 is 18.7 Å². The first kappa shape index (κ1) is 13.4. The van der Waals surface area contributed by atoms with Gasteiger partial charge in [0, 0.05) is 5.39 Å². The standard InChI is InChI=1S/C14H17NO4/c1-9(14(16)18-3)15-8-11-7-10-5-4-6-12(17-2)13(10)19-11/h4-7,9,15H,8H2,1-3H3. The summed E-state index contributed by atoms with van der Waals surface area (Å²) in [6, 6.07) is 7.26. The first-order chi connectivity index (χ1) is 9.15. The van der Waals surface area contributed by atoms with E-state index in [-0.39, 0.29) is 12.0 Å². The maximum Gasteiger partial charge on any atom is 0.322 e. The van der Waals surface area contributed by atoms with Gasteiger partial charge in [0.1, 0.15) is 11.8 Å². The van der Waals surface area contributed by atoms with Crippen LogP contribution in [0.4, 0.5) is 0 Å². The second-order valence-corrected chi connectivity index (χ2v) is 4.22. The van der Waals surface area contributed by atoms with E-state index in [4.69, 9.17) is 9.15 Å². The molecule has 0 amide bonds. The zero-order chi connectivity index (χ0) is 13.8. The van der Waals surface area contributed by atoms with Crippen molar-refractivity contribution in [1.29, 1.82) is 0 Å². The Morgan fingerprint density at radius 3 is 2.89 bits per heavy atom. The highest BCUT2D eigenvalue weighted by atomic mass is 16.5. The van der Waals surface area contributed by atoms with Crippen LogP contribution in [0.1, 0.15) is 12.7 Å². The van der Waals surface area contributed by atoms with Crippen LogP contribution in [0.3, 0.4) is 0 Å². The van der Waals surface area contributed by atoms with E-state index >= 15 is 0 Å². The third kappa shape index (κ3) is 2.88. The average molecular weight is 263 g/mol. The van der Waals surface area contributed by atoms with Crippen molar-refractivity contribution in [3.05, 3.63) is 30.0 Å². The summed E-state index contributed by atoms with van der Waals surface area (Å²) in [4.78, 5) is 11.3. The zero-order valence-corrected chi connectivity index (χ0v) is 11.2. The Labute approximate surface area is 111 Å². The van der Waals surface area contributed by atoms with Crippen molar-refractivity contribution in [2.24, 2.45) is 0 Å². The normalized spacial score (nSPS) is 12.4. The van der Waals surface area contributed by atoms with Crippen LogP contribution in [0.15, 0.2) is 28.7 Å². The van der Waals surface area contributed by atoms with Gasteiger partial charge in [-0.15, -0.1) is 0 Å². The molecule has 1 aromatic carbocycles. The fourth-order valence-electron chi connectivity index (χ4n) is 1.85. The van der Waals surface area contributed by atoms with Crippen LogP contribution in [-0.4, -0.2) is 26.2 Å². The number of nitrogens with one attached hydrogen (secondary N) is 1. The monoisotopic (exact) mass is 263 g/mol. The second kappa shape index (κ2) is 5.75. The third-order valence-electron chi connectivity index (χ3n) is 2.92. The molecule has 1 aromatic heterocycles. The minimum atomic E-state index is -0.375. The molecule has 5 heteroatoms. The van der Waals surface area contributed by atoms with Crippen LogP contribution in [0, 0.1) is 0 Å². The highest BCUT2D eigenvalue weighted by Gasteiger charge is 2.14. The van der Waals surface area contributed by atoms with Gasteiger partial charge in [-0.1, -0.05) is 12.1 Å². The lowest BCUT2D eigenvalue weighted by molar-refractivity contribution is -0.142. The SMILES string of the molecule is COC(=O)C(C)NCc1cc2cccc(OC)c2o1. The Kier molecular flexibility index (Phi) is 4.06. The minimum absolute atomic E-state index is 0.298. The molecule has 0 radical (unpaired) electrons. The van der Waals surface area contributed by atoms with Gasteiger partial charge in [0.05, 0.1) is 20.8 Å². The molecule has 0 bridgehead atoms. The molecule has 2 rings (SSSR count). The van der Waals surface area contributed by atoms with Crippen molar-refractivity contribution in [1.82, 2.24) is 5.32 Å². The number of esters is 1. The summed E-state index contributed by atoms with van der Waals surface area (Å²) in [6.07, 6.45) is 0. The minimum Gasteiger partial charge on any atom is -0.493 e. The van der Waals surface area contributed by atoms with Gasteiger partial charge in [-0.3, -0.25) is 10.1 Å². The molecule has 102 valence electrons. The predicted octanol–water partition coefficient (Wildman–Crippen LogP) is 2.09. The molecule has 1 N–H and O–H groups in total. The zero-order valence-electron chi connectivity index (χ0n) is 11.2. The molecule has 19 heavy (non-hydrogen) atoms. The first-order valence-electron chi connectivity index (χ1n) is 6.02. The molecule has 0 saturated heterocycles. The summed E-state index contributed by atoms with van der Waals surface area (Å²) in [6.45, 7) is 2.20. The number of hydrogen-bond acceptors (Lipinski definition) is 5. The van der Waals surface area contributed by atoms with Crippen molar-refractivity contribution in [3.63, 3.8) is 0 Å². The smallest absolute Gasteiger partial charge is 0.322 e. The number of furan rings is 1. The van der Waals surface area contributed by atoms with E-state index < -0.39 is 0 Å². The number of fused-ring (bicyclic) bond motifs is 1. The number of para-hydroxylation sites is 1. The van der Waals surface area contributed by atoms with E-state index in [0.717, 1.165) is 11.1 Å². The van der Waals surface area contributed by atoms with E-state index in [2.05, 4.69) is 10.1 Å². The van der Waals surface area contributed by atoms with Crippen LogP contribution in [0.2, 0.25) is 0 Å². The molecule has 1 atom stereocenters. The molecule has 0 aliphatic rings. The molecule has 0 aliphatic carbocycles. The van der Waals surface area contributed by atoms with Crippen LogP contribution >= 0.6 is 0 Å². The molecular formula is C14H17NO4. The molecule has 0 saturated carbocycles. The Bertz CT molecular complexity index is 576. The molecule has 5 nitrogen and oxygen atoms in total. The molecule has 1 heterocycles. The van der Waals surface area contributed by atoms with Gasteiger partial charge in [-0.25, -0.2) is 0 Å². The largest absolute Gasteiger partial charge is 0.493 e. The molecule has 0 spiro atoms. The summed E-state index contributed by atoms with van der Waals surface area (Å²) >= 11 is 0. The number of carbonyl (C=O) groups is 1. The number of ether oxygens (including phenoxy) is 2. The van der Waals surface area contributed by atoms with E-state index in [1.807, 2.05) is 24.3 Å². The maximum absolute atomic E-state index is 11.3. The number of benzene rings is 1. The maximum atomic E-state index is 11.3. The Hall–Kier alpha value is -2.01. The van der Waals surface area contributed by atoms with E-state index in [1.54, 1.807) is 14.0 Å². The molecule has 2 aromatic rings. The van der Waals surface area contributed by atoms with Gasteiger partial charge in [0.25, 0.3) is 0 Å². The van der Waals surface area contributed by atoms with Gasteiger partial charge in [-0.2, -0.15) is 0 Å². The lowest BCUT2D eigenvalue weighted by atomic mass is 10.2. The van der Waals surface area contributed by atoms with E-state index in [9.17, 15) is 4.79 Å². The van der Waals surface area contributed by atoms with E-state index in [0.29, 0.717) is 17.9 Å². The lowest BCUT2D eigenvalue weighted by Gasteiger charge is -2.09. The lowest BCUT2D eigenvalue weighted by Crippen LogP contribution is -2.34. The van der Waals surface area contributed by atoms with Crippen molar-refractivity contribution in [2.75, 3.05) is 14.2 Å². The predicted molar refractivity (Wildman–Crippen MR) is 71.1 cm³/mol. The molecule has 1 unspecified atom stereocenters. The van der Waals surface area contributed by atoms with Gasteiger partial charge in [0.15, 0.2) is 11.3 Å². The number of rotatable bonds is 5. The molecular weight excluding hydrogens is 246 g/mol. The third-order valence-corrected chi connectivity index (χ3v) is 2.92. The van der Waals surface area contributed by atoms with Crippen LogP contribution < -0.4 is 10.1 Å². The summed E-state index contributed by atoms with van der Waals surface area (Å²) in [5, 5.41) is 4.01. The van der Waals surface area contributed by atoms with E-state index in [1.165, 1.54) is 7.11 Å². The fraction of sp³-hybridized carbons (Fsp3) is 0.357. The second-order valence-electron chi connectivity index (χ2n) is 4.22. The fourth-order valence-corrected chi connectivity index (χ4v) is 1.85. The Morgan fingerprint density at radius 1 is 1.42 bits per heavy atom. The van der Waals surface area contributed by atoms with Crippen molar-refractivity contribution >= 4 is 16.9 Å². The van der Waals surface area contributed by atoms with Crippen LogP contribution in [0.5, 0.6) is 5.75 Å². The first-order valence-corrected chi connectivity index (χ1v) is 6.02. The summed E-state index contributed by atoms with van der Waals surface area (Å²) in [5.74, 6) is 1.15. The number of hydrogen-bond donors (Lipinski definition) is 1. The van der Waals surface area contributed by atoms with Gasteiger partial charge in [0.2, 0.25) is 0 Å². The highest BCUT2D eigenvalue weighted by Crippen LogP contribution is 2.28. The number of methoxy groups -OCH3 is 2. The highest BCUT2D eigenvalue weighted by molar-refractivity contribution is 5.83. The van der Waals surface area contributed by atoms with Gasteiger partial charge >= 0.3 is 5.97 Å². The van der Waals surface area contributed by atoms with Crippen LogP contribution in [-0.2, 0) is 16.1 Å². The van der Waals surface area contributed by atoms with Crippen LogP contribution in [0.25, 0.3) is 11.0 Å². The van der Waals surface area contributed by atoms with Crippen molar-refractivity contribution in [3.8, 4) is 5.75 Å². The summed E-state index contributed by atoms with van der Waals surface area (Å²) in [7, 11) is 2.97. The summed E-state index contributed by atoms with van der Waals surface area (Å²) in [5.41, 5.74) is 0.715. The molecule has 0 fully saturated rings. The Morgan fingerprint density at radius 2 is 2.21 bits per heavy atom. The van der Waals surface area contributed by atoms with Crippen molar-refractivity contribution in [2.45, 2.75) is 19.5 Å². The average Bonchev–Trinajstić information content (AvgIpc) is 2.86. The topological polar surface area (TPSA) is 60.7 Å². The number of carbonyl (C=O) groups excluding carboxylic acids is 1. The summed E-state index contributed by atoms with van der Waals surface area (Å²) < 4.78 is 15.6. The van der Waals surface area contributed by atoms with Gasteiger partial charge < -0.3 is 13.9 Å². The Balaban J connectivity index is 2.12. The van der Waals surface area contributed by atoms with Gasteiger partial charge in [-0.05, 0) is 19.1 Å². The molecule has 0 aliphatic heterocycles.